The smallest absolute Gasteiger partial charge is 0.188 e. The first-order valence-corrected chi connectivity index (χ1v) is 6.51. The molecule has 3 N–H and O–H groups in total. The standard InChI is InChI=1S/C16H17N3/c17-16(18)19-10-9-15-13(11-19)7-4-8-14(15)12-5-2-1-3-6-12/h1-8H,9-11H2,(H3,17,18). The predicted molar refractivity (Wildman–Crippen MR) is 77.9 cm³/mol. The normalized spacial score (nSPS) is 14.0. The molecule has 3 heteroatoms. The molecule has 0 saturated heterocycles. The van der Waals surface area contributed by atoms with E-state index in [0.29, 0.717) is 0 Å². The Kier molecular flexibility index (Phi) is 2.95. The average molecular weight is 251 g/mol. The van der Waals surface area contributed by atoms with Gasteiger partial charge in [-0.05, 0) is 28.7 Å². The van der Waals surface area contributed by atoms with E-state index < -0.39 is 0 Å². The molecule has 19 heavy (non-hydrogen) atoms. The summed E-state index contributed by atoms with van der Waals surface area (Å²) in [6.07, 6.45) is 0.944. The number of hydrogen-bond acceptors (Lipinski definition) is 1. The molecule has 1 aliphatic heterocycles. The highest BCUT2D eigenvalue weighted by atomic mass is 15.2. The summed E-state index contributed by atoms with van der Waals surface area (Å²) in [6.45, 7) is 1.57. The SMILES string of the molecule is N=C(N)N1CCc2c(cccc2-c2ccccc2)C1. The van der Waals surface area contributed by atoms with E-state index >= 15 is 0 Å². The van der Waals surface area contributed by atoms with Crippen molar-refractivity contribution in [1.82, 2.24) is 4.90 Å². The van der Waals surface area contributed by atoms with Crippen molar-refractivity contribution in [3.63, 3.8) is 0 Å². The molecule has 3 rings (SSSR count). The Bertz CT molecular complexity index is 605. The van der Waals surface area contributed by atoms with Gasteiger partial charge in [-0.3, -0.25) is 5.41 Å². The van der Waals surface area contributed by atoms with Crippen LogP contribution in [0, 0.1) is 5.41 Å². The number of benzene rings is 2. The van der Waals surface area contributed by atoms with Crippen LogP contribution in [0.3, 0.4) is 0 Å². The zero-order valence-corrected chi connectivity index (χ0v) is 10.8. The maximum absolute atomic E-state index is 7.55. The molecule has 2 aromatic carbocycles. The quantitative estimate of drug-likeness (QED) is 0.604. The molecule has 0 atom stereocenters. The van der Waals surface area contributed by atoms with Gasteiger partial charge in [0.15, 0.2) is 5.96 Å². The fraction of sp³-hybridized carbons (Fsp3) is 0.188. The van der Waals surface area contributed by atoms with Crippen molar-refractivity contribution in [1.29, 1.82) is 5.41 Å². The zero-order chi connectivity index (χ0) is 13.2. The molecule has 0 radical (unpaired) electrons. The summed E-state index contributed by atoms with van der Waals surface area (Å²) in [5.74, 6) is 0.163. The van der Waals surface area contributed by atoms with Gasteiger partial charge in [0.05, 0.1) is 0 Å². The lowest BCUT2D eigenvalue weighted by Crippen LogP contribution is -2.40. The van der Waals surface area contributed by atoms with Crippen molar-refractivity contribution in [2.24, 2.45) is 5.73 Å². The number of rotatable bonds is 1. The summed E-state index contributed by atoms with van der Waals surface area (Å²) in [7, 11) is 0. The lowest BCUT2D eigenvalue weighted by Gasteiger charge is -2.30. The summed E-state index contributed by atoms with van der Waals surface area (Å²) in [4.78, 5) is 1.91. The molecule has 0 bridgehead atoms. The maximum atomic E-state index is 7.55. The fourth-order valence-electron chi connectivity index (χ4n) is 2.70. The Morgan fingerprint density at radius 3 is 2.58 bits per heavy atom. The molecule has 3 nitrogen and oxygen atoms in total. The van der Waals surface area contributed by atoms with E-state index in [1.807, 2.05) is 11.0 Å². The minimum absolute atomic E-state index is 0.163. The van der Waals surface area contributed by atoms with E-state index in [2.05, 4.69) is 42.5 Å². The zero-order valence-electron chi connectivity index (χ0n) is 10.8. The van der Waals surface area contributed by atoms with Gasteiger partial charge in [0.2, 0.25) is 0 Å². The van der Waals surface area contributed by atoms with E-state index in [4.69, 9.17) is 11.1 Å². The Morgan fingerprint density at radius 1 is 1.05 bits per heavy atom. The number of nitrogens with one attached hydrogen (secondary N) is 1. The first kappa shape index (κ1) is 11.8. The highest BCUT2D eigenvalue weighted by Gasteiger charge is 2.19. The summed E-state index contributed by atoms with van der Waals surface area (Å²) in [5, 5.41) is 7.55. The number of nitrogens with zero attached hydrogens (tertiary/aromatic N) is 1. The van der Waals surface area contributed by atoms with E-state index in [1.165, 1.54) is 22.3 Å². The molecule has 2 aromatic rings. The summed E-state index contributed by atoms with van der Waals surface area (Å²) < 4.78 is 0. The van der Waals surface area contributed by atoms with Crippen LogP contribution < -0.4 is 5.73 Å². The van der Waals surface area contributed by atoms with E-state index in [9.17, 15) is 0 Å². The molecule has 0 aliphatic carbocycles. The van der Waals surface area contributed by atoms with Crippen molar-refractivity contribution in [3.8, 4) is 11.1 Å². The van der Waals surface area contributed by atoms with Gasteiger partial charge in [-0.1, -0.05) is 48.5 Å². The van der Waals surface area contributed by atoms with Gasteiger partial charge in [0.1, 0.15) is 0 Å². The highest BCUT2D eigenvalue weighted by molar-refractivity contribution is 5.76. The van der Waals surface area contributed by atoms with Crippen LogP contribution in [0.1, 0.15) is 11.1 Å². The van der Waals surface area contributed by atoms with E-state index in [-0.39, 0.29) is 5.96 Å². The molecule has 1 heterocycles. The van der Waals surface area contributed by atoms with Crippen molar-refractivity contribution < 1.29 is 0 Å². The van der Waals surface area contributed by atoms with Gasteiger partial charge in [0, 0.05) is 13.1 Å². The monoisotopic (exact) mass is 251 g/mol. The third kappa shape index (κ3) is 2.19. The van der Waals surface area contributed by atoms with Crippen LogP contribution in [-0.4, -0.2) is 17.4 Å². The number of hydrogen-bond donors (Lipinski definition) is 2. The summed E-state index contributed by atoms with van der Waals surface area (Å²) >= 11 is 0. The second-order valence-electron chi connectivity index (χ2n) is 4.87. The minimum atomic E-state index is 0.163. The molecule has 1 aliphatic rings. The maximum Gasteiger partial charge on any atom is 0.188 e. The molecular weight excluding hydrogens is 234 g/mol. The highest BCUT2D eigenvalue weighted by Crippen LogP contribution is 2.29. The molecule has 0 amide bonds. The second kappa shape index (κ2) is 4.76. The Balaban J connectivity index is 2.02. The molecule has 0 fully saturated rings. The van der Waals surface area contributed by atoms with Gasteiger partial charge in [-0.2, -0.15) is 0 Å². The molecule has 0 aromatic heterocycles. The van der Waals surface area contributed by atoms with Crippen molar-refractivity contribution in [2.45, 2.75) is 13.0 Å². The lowest BCUT2D eigenvalue weighted by molar-refractivity contribution is 0.387. The Morgan fingerprint density at radius 2 is 1.84 bits per heavy atom. The van der Waals surface area contributed by atoms with E-state index in [1.54, 1.807) is 0 Å². The third-order valence-electron chi connectivity index (χ3n) is 3.69. The Labute approximate surface area is 113 Å². The fourth-order valence-corrected chi connectivity index (χ4v) is 2.70. The first-order valence-electron chi connectivity index (χ1n) is 6.51. The van der Waals surface area contributed by atoms with Crippen LogP contribution in [0.2, 0.25) is 0 Å². The van der Waals surface area contributed by atoms with Crippen LogP contribution in [-0.2, 0) is 13.0 Å². The first-order chi connectivity index (χ1) is 9.25. The van der Waals surface area contributed by atoms with Crippen molar-refractivity contribution in [2.75, 3.05) is 6.54 Å². The van der Waals surface area contributed by atoms with Crippen molar-refractivity contribution in [3.05, 3.63) is 59.7 Å². The largest absolute Gasteiger partial charge is 0.370 e. The molecule has 0 unspecified atom stereocenters. The van der Waals surface area contributed by atoms with Gasteiger partial charge in [-0.15, -0.1) is 0 Å². The Hall–Kier alpha value is -2.29. The van der Waals surface area contributed by atoms with Crippen LogP contribution >= 0.6 is 0 Å². The lowest BCUT2D eigenvalue weighted by atomic mass is 9.91. The second-order valence-corrected chi connectivity index (χ2v) is 4.87. The predicted octanol–water partition coefficient (Wildman–Crippen LogP) is 2.61. The number of guanidine groups is 1. The topological polar surface area (TPSA) is 53.1 Å². The van der Waals surface area contributed by atoms with Gasteiger partial charge >= 0.3 is 0 Å². The number of nitrogens with two attached hydrogens (primary N) is 1. The van der Waals surface area contributed by atoms with Crippen LogP contribution in [0.5, 0.6) is 0 Å². The average Bonchev–Trinajstić information content (AvgIpc) is 2.47. The molecule has 0 spiro atoms. The van der Waals surface area contributed by atoms with Crippen molar-refractivity contribution >= 4 is 5.96 Å². The molecule has 96 valence electrons. The van der Waals surface area contributed by atoms with Crippen LogP contribution in [0.25, 0.3) is 11.1 Å². The molecule has 0 saturated carbocycles. The molecular formula is C16H17N3. The van der Waals surface area contributed by atoms with Gasteiger partial charge in [-0.25, -0.2) is 0 Å². The summed E-state index contributed by atoms with van der Waals surface area (Å²) in [5.41, 5.74) is 10.8. The third-order valence-corrected chi connectivity index (χ3v) is 3.69. The minimum Gasteiger partial charge on any atom is -0.370 e. The van der Waals surface area contributed by atoms with Crippen LogP contribution in [0.4, 0.5) is 0 Å². The van der Waals surface area contributed by atoms with Gasteiger partial charge in [0.25, 0.3) is 0 Å². The summed E-state index contributed by atoms with van der Waals surface area (Å²) in [6, 6.07) is 16.9. The van der Waals surface area contributed by atoms with Gasteiger partial charge < -0.3 is 10.6 Å². The van der Waals surface area contributed by atoms with E-state index in [0.717, 1.165) is 19.5 Å². The number of fused-ring (bicyclic) bond motifs is 1. The van der Waals surface area contributed by atoms with Crippen LogP contribution in [0.15, 0.2) is 48.5 Å².